The molecule has 0 aromatic heterocycles. The van der Waals surface area contributed by atoms with Gasteiger partial charge in [0.2, 0.25) is 0 Å². The van der Waals surface area contributed by atoms with Crippen LogP contribution in [0.15, 0.2) is 121 Å². The maximum absolute atomic E-state index is 2.31. The fourth-order valence-electron chi connectivity index (χ4n) is 6.65. The first kappa shape index (κ1) is 31.3. The number of rotatable bonds is 20. The van der Waals surface area contributed by atoms with E-state index in [1.807, 2.05) is 0 Å². The van der Waals surface area contributed by atoms with Crippen LogP contribution in [0.25, 0.3) is 0 Å². The summed E-state index contributed by atoms with van der Waals surface area (Å²) in [5.41, 5.74) is 6.03. The van der Waals surface area contributed by atoms with Crippen LogP contribution in [0, 0.1) is 0 Å². The van der Waals surface area contributed by atoms with E-state index in [0.29, 0.717) is 0 Å². The Bertz CT molecular complexity index is 975. The van der Waals surface area contributed by atoms with Crippen LogP contribution in [-0.4, -0.2) is 24.6 Å². The predicted molar refractivity (Wildman–Crippen MR) is 185 cm³/mol. The van der Waals surface area contributed by atoms with Crippen molar-refractivity contribution in [2.75, 3.05) is 24.6 Å². The molecule has 1 heteroatoms. The van der Waals surface area contributed by atoms with Crippen LogP contribution in [0.4, 0.5) is 0 Å². The van der Waals surface area contributed by atoms with Crippen LogP contribution in [0.2, 0.25) is 0 Å². The van der Waals surface area contributed by atoms with Crippen molar-refractivity contribution in [1.29, 1.82) is 0 Å². The summed E-state index contributed by atoms with van der Waals surface area (Å²) in [5.74, 6) is 0. The topological polar surface area (TPSA) is 0 Å². The molecule has 0 aliphatic heterocycles. The van der Waals surface area contributed by atoms with Crippen molar-refractivity contribution in [1.82, 2.24) is 0 Å². The molecule has 0 saturated heterocycles. The van der Waals surface area contributed by atoms with Gasteiger partial charge < -0.3 is 0 Å². The average molecular weight is 565 g/mol. The summed E-state index contributed by atoms with van der Waals surface area (Å²) >= 11 is 0. The zero-order chi connectivity index (χ0) is 28.3. The molecule has 0 heterocycles. The SMILES string of the molecule is c1ccc(CCCC[PH](CCCCc2ccccc2)(CCCCc2ccccc2)CCCCc2ccccc2)cc1. The molecule has 0 saturated carbocycles. The maximum atomic E-state index is 2.31. The molecule has 0 N–H and O–H groups in total. The fourth-order valence-corrected chi connectivity index (χ4v) is 12.1. The van der Waals surface area contributed by atoms with Gasteiger partial charge >= 0.3 is 253 Å². The van der Waals surface area contributed by atoms with Gasteiger partial charge in [0, 0.05) is 0 Å². The summed E-state index contributed by atoms with van der Waals surface area (Å²) in [6.45, 7) is 0. The number of hydrogen-bond acceptors (Lipinski definition) is 0. The van der Waals surface area contributed by atoms with Gasteiger partial charge in [-0.15, -0.1) is 0 Å². The second-order valence-corrected chi connectivity index (χ2v) is 17.3. The minimum atomic E-state index is -1.35. The standard InChI is InChI=1S/C40H53P/c1-5-21-37(22-6-1)29-13-17-33-41(34-18-14-30-38-23-7-2-8-24-38,35-19-15-31-39-25-9-3-10-26-39)36-20-16-32-40-27-11-4-12-28-40/h1-12,21-28,41H,13-20,29-36H2. The molecule has 0 aliphatic carbocycles. The Balaban J connectivity index is 1.36. The molecular weight excluding hydrogens is 511 g/mol. The zero-order valence-corrected chi connectivity index (χ0v) is 26.4. The second kappa shape index (κ2) is 18.7. The molecule has 0 nitrogen and oxygen atoms in total. The van der Waals surface area contributed by atoms with E-state index in [0.717, 1.165) is 0 Å². The molecule has 0 spiro atoms. The average Bonchev–Trinajstić information content (AvgIpc) is 3.04. The number of benzene rings is 4. The van der Waals surface area contributed by atoms with Crippen molar-refractivity contribution in [2.24, 2.45) is 0 Å². The fraction of sp³-hybridized carbons (Fsp3) is 0.400. The van der Waals surface area contributed by atoms with Crippen molar-refractivity contribution in [3.8, 4) is 0 Å². The normalized spacial score (nSPS) is 11.9. The summed E-state index contributed by atoms with van der Waals surface area (Å²) < 4.78 is 0. The molecule has 4 aromatic carbocycles. The molecule has 0 aliphatic rings. The van der Waals surface area contributed by atoms with Crippen molar-refractivity contribution >= 4 is 7.26 Å². The Morgan fingerprint density at radius 2 is 0.488 bits per heavy atom. The van der Waals surface area contributed by atoms with Crippen LogP contribution < -0.4 is 0 Å². The van der Waals surface area contributed by atoms with Crippen LogP contribution >= 0.6 is 7.26 Å². The number of hydrogen-bond donors (Lipinski definition) is 0. The molecule has 0 unspecified atom stereocenters. The monoisotopic (exact) mass is 564 g/mol. The zero-order valence-electron chi connectivity index (χ0n) is 25.4. The van der Waals surface area contributed by atoms with Crippen LogP contribution in [0.1, 0.15) is 73.6 Å². The van der Waals surface area contributed by atoms with Gasteiger partial charge in [-0.25, -0.2) is 0 Å². The third-order valence-electron chi connectivity index (χ3n) is 9.06. The van der Waals surface area contributed by atoms with Gasteiger partial charge in [-0.1, -0.05) is 0 Å². The van der Waals surface area contributed by atoms with Crippen molar-refractivity contribution in [3.63, 3.8) is 0 Å². The second-order valence-electron chi connectivity index (χ2n) is 12.3. The predicted octanol–water partition coefficient (Wildman–Crippen LogP) is 10.8. The van der Waals surface area contributed by atoms with Crippen molar-refractivity contribution in [3.05, 3.63) is 144 Å². The molecule has 0 fully saturated rings. The van der Waals surface area contributed by atoms with Gasteiger partial charge in [-0.2, -0.15) is 0 Å². The van der Waals surface area contributed by atoms with E-state index in [9.17, 15) is 0 Å². The van der Waals surface area contributed by atoms with Gasteiger partial charge in [0.15, 0.2) is 0 Å². The molecule has 4 aromatic rings. The Morgan fingerprint density at radius 3 is 0.707 bits per heavy atom. The molecule has 41 heavy (non-hydrogen) atoms. The van der Waals surface area contributed by atoms with E-state index in [2.05, 4.69) is 121 Å². The summed E-state index contributed by atoms with van der Waals surface area (Å²) in [5, 5.41) is 0. The van der Waals surface area contributed by atoms with Gasteiger partial charge in [0.1, 0.15) is 0 Å². The van der Waals surface area contributed by atoms with E-state index in [4.69, 9.17) is 0 Å². The molecule has 0 amide bonds. The molecular formula is C40H53P. The third kappa shape index (κ3) is 12.4. The molecule has 0 bridgehead atoms. The molecule has 4 rings (SSSR count). The number of aryl methyl sites for hydroxylation is 4. The van der Waals surface area contributed by atoms with E-state index < -0.39 is 7.26 Å². The van der Waals surface area contributed by atoms with Gasteiger partial charge in [-0.05, 0) is 0 Å². The Morgan fingerprint density at radius 1 is 0.268 bits per heavy atom. The van der Waals surface area contributed by atoms with Crippen LogP contribution in [0.3, 0.4) is 0 Å². The van der Waals surface area contributed by atoms with Gasteiger partial charge in [-0.3, -0.25) is 0 Å². The summed E-state index contributed by atoms with van der Waals surface area (Å²) in [6, 6.07) is 44.6. The third-order valence-corrected chi connectivity index (χ3v) is 14.7. The number of unbranched alkanes of at least 4 members (excludes halogenated alkanes) is 4. The van der Waals surface area contributed by atoms with Crippen LogP contribution in [0.5, 0.6) is 0 Å². The molecule has 218 valence electrons. The first-order valence-electron chi connectivity index (χ1n) is 16.5. The van der Waals surface area contributed by atoms with Crippen molar-refractivity contribution < 1.29 is 0 Å². The van der Waals surface area contributed by atoms with E-state index in [-0.39, 0.29) is 0 Å². The Labute approximate surface area is 252 Å². The van der Waals surface area contributed by atoms with Crippen LogP contribution in [-0.2, 0) is 25.7 Å². The first-order chi connectivity index (χ1) is 20.3. The Hall–Kier alpha value is -2.69. The summed E-state index contributed by atoms with van der Waals surface area (Å²) in [6.07, 6.45) is 22.1. The van der Waals surface area contributed by atoms with Gasteiger partial charge in [0.05, 0.1) is 0 Å². The summed E-state index contributed by atoms with van der Waals surface area (Å²) in [4.78, 5) is 0. The van der Waals surface area contributed by atoms with E-state index >= 15 is 0 Å². The van der Waals surface area contributed by atoms with Gasteiger partial charge in [0.25, 0.3) is 0 Å². The Kier molecular flexibility index (Phi) is 14.2. The quantitative estimate of drug-likeness (QED) is 0.0740. The molecule has 0 atom stereocenters. The first-order valence-corrected chi connectivity index (χ1v) is 19.3. The van der Waals surface area contributed by atoms with E-state index in [1.165, 1.54) is 124 Å². The minimum absolute atomic E-state index is 1.24. The van der Waals surface area contributed by atoms with E-state index in [1.54, 1.807) is 0 Å². The summed E-state index contributed by atoms with van der Waals surface area (Å²) in [7, 11) is -1.35. The van der Waals surface area contributed by atoms with Crippen molar-refractivity contribution in [2.45, 2.75) is 77.0 Å². The molecule has 0 radical (unpaired) electrons.